The van der Waals surface area contributed by atoms with Crippen LogP contribution in [0.15, 0.2) is 28.7 Å². The smallest absolute Gasteiger partial charge is 0.240 e. The molecule has 1 atom stereocenters. The van der Waals surface area contributed by atoms with E-state index >= 15 is 0 Å². The molecule has 0 aliphatic heterocycles. The molecule has 16 heavy (non-hydrogen) atoms. The highest BCUT2D eigenvalue weighted by molar-refractivity contribution is 9.10. The molecule has 2 rings (SSSR count). The molecule has 0 aromatic heterocycles. The molecule has 86 valence electrons. The van der Waals surface area contributed by atoms with E-state index in [2.05, 4.69) is 21.2 Å². The van der Waals surface area contributed by atoms with Gasteiger partial charge in [-0.1, -0.05) is 18.6 Å². The minimum Gasteiger partial charge on any atom is -0.373 e. The molecule has 1 unspecified atom stereocenters. The fourth-order valence-corrected chi connectivity index (χ4v) is 2.34. The summed E-state index contributed by atoms with van der Waals surface area (Å²) in [5, 5.41) is 3.23. The number of hydrogen-bond acceptors (Lipinski definition) is 2. The number of hydrogen-bond donors (Lipinski definition) is 2. The minimum absolute atomic E-state index is 0.243. The fourth-order valence-electron chi connectivity index (χ4n) is 1.94. The lowest BCUT2D eigenvalue weighted by Gasteiger charge is -2.33. The zero-order chi connectivity index (χ0) is 11.5. The molecular weight excluding hydrogens is 268 g/mol. The van der Waals surface area contributed by atoms with Gasteiger partial charge in [-0.15, -0.1) is 0 Å². The Morgan fingerprint density at radius 3 is 2.62 bits per heavy atom. The summed E-state index contributed by atoms with van der Waals surface area (Å²) in [5.41, 5.74) is 6.36. The molecule has 0 bridgehead atoms. The van der Waals surface area contributed by atoms with Crippen LogP contribution >= 0.6 is 15.9 Å². The normalized spacial score (nSPS) is 17.6. The summed E-state index contributed by atoms with van der Waals surface area (Å²) < 4.78 is 0.959. The zero-order valence-corrected chi connectivity index (χ0v) is 10.5. The Hall–Kier alpha value is -1.03. The Balaban J connectivity index is 2.11. The molecule has 1 aromatic rings. The molecule has 1 aliphatic carbocycles. The number of amides is 1. The average molecular weight is 283 g/mol. The molecule has 0 spiro atoms. The molecule has 0 heterocycles. The number of carbonyl (C=O) groups is 1. The van der Waals surface area contributed by atoms with Gasteiger partial charge in [-0.3, -0.25) is 4.79 Å². The van der Waals surface area contributed by atoms with Crippen LogP contribution in [0.5, 0.6) is 0 Å². The summed E-state index contributed by atoms with van der Waals surface area (Å²) in [5.74, 6) is 0.130. The van der Waals surface area contributed by atoms with Gasteiger partial charge in [0.05, 0.1) is 0 Å². The summed E-state index contributed by atoms with van der Waals surface area (Å²) in [4.78, 5) is 11.4. The molecule has 1 aromatic carbocycles. The molecule has 1 fully saturated rings. The van der Waals surface area contributed by atoms with Crippen LogP contribution in [0.4, 0.5) is 5.69 Å². The lowest BCUT2D eigenvalue weighted by Crippen LogP contribution is -2.44. The third kappa shape index (κ3) is 2.38. The number of benzene rings is 1. The first-order chi connectivity index (χ1) is 7.68. The first-order valence-corrected chi connectivity index (χ1v) is 6.28. The molecule has 3 N–H and O–H groups in total. The largest absolute Gasteiger partial charge is 0.373 e. The average Bonchev–Trinajstić information content (AvgIpc) is 2.17. The van der Waals surface area contributed by atoms with E-state index in [-0.39, 0.29) is 11.9 Å². The molecule has 3 nitrogen and oxygen atoms in total. The number of anilines is 1. The summed E-state index contributed by atoms with van der Waals surface area (Å²) in [6.07, 6.45) is 3.38. The van der Waals surface area contributed by atoms with Gasteiger partial charge in [-0.25, -0.2) is 0 Å². The van der Waals surface area contributed by atoms with Crippen molar-refractivity contribution in [1.82, 2.24) is 0 Å². The molecule has 0 saturated heterocycles. The fraction of sp³-hybridized carbons (Fsp3) is 0.417. The molecule has 4 heteroatoms. The first-order valence-electron chi connectivity index (χ1n) is 5.49. The van der Waals surface area contributed by atoms with Gasteiger partial charge in [-0.05, 0) is 46.8 Å². The van der Waals surface area contributed by atoms with Crippen molar-refractivity contribution < 1.29 is 4.79 Å². The zero-order valence-electron chi connectivity index (χ0n) is 8.95. The predicted octanol–water partition coefficient (Wildman–Crippen LogP) is 2.52. The van der Waals surface area contributed by atoms with Gasteiger partial charge in [0, 0.05) is 10.2 Å². The van der Waals surface area contributed by atoms with Gasteiger partial charge >= 0.3 is 0 Å². The maximum atomic E-state index is 11.4. The quantitative estimate of drug-likeness (QED) is 0.892. The van der Waals surface area contributed by atoms with Crippen LogP contribution in [0, 0.1) is 5.92 Å². The van der Waals surface area contributed by atoms with Crippen molar-refractivity contribution in [3.8, 4) is 0 Å². The van der Waals surface area contributed by atoms with Crippen molar-refractivity contribution in [2.45, 2.75) is 25.3 Å². The third-order valence-electron chi connectivity index (χ3n) is 3.11. The van der Waals surface area contributed by atoms with E-state index in [9.17, 15) is 4.79 Å². The summed E-state index contributed by atoms with van der Waals surface area (Å²) >= 11 is 3.45. The number of para-hydroxylation sites is 1. The highest BCUT2D eigenvalue weighted by atomic mass is 79.9. The second-order valence-electron chi connectivity index (χ2n) is 4.20. The van der Waals surface area contributed by atoms with E-state index < -0.39 is 0 Å². The van der Waals surface area contributed by atoms with Crippen molar-refractivity contribution in [2.24, 2.45) is 11.7 Å². The number of nitrogens with one attached hydrogen (secondary N) is 1. The Morgan fingerprint density at radius 2 is 2.12 bits per heavy atom. The van der Waals surface area contributed by atoms with Crippen LogP contribution in [-0.4, -0.2) is 11.9 Å². The lowest BCUT2D eigenvalue weighted by molar-refractivity contribution is -0.120. The van der Waals surface area contributed by atoms with E-state index in [1.807, 2.05) is 24.3 Å². The van der Waals surface area contributed by atoms with Crippen molar-refractivity contribution in [3.05, 3.63) is 28.7 Å². The maximum absolute atomic E-state index is 11.4. The van der Waals surface area contributed by atoms with Gasteiger partial charge in [0.25, 0.3) is 0 Å². The molecule has 1 aliphatic rings. The molecule has 1 saturated carbocycles. The Kier molecular flexibility index (Phi) is 3.49. The summed E-state index contributed by atoms with van der Waals surface area (Å²) in [7, 11) is 0. The SMILES string of the molecule is NC(=O)C(Nc1ccccc1Br)C1CCC1. The lowest BCUT2D eigenvalue weighted by atomic mass is 9.79. The number of nitrogens with two attached hydrogens (primary N) is 1. The molecular formula is C12H15BrN2O. The van der Waals surface area contributed by atoms with E-state index in [1.54, 1.807) is 0 Å². The second-order valence-corrected chi connectivity index (χ2v) is 5.05. The predicted molar refractivity (Wildman–Crippen MR) is 68.1 cm³/mol. The Bertz CT molecular complexity index is 390. The second kappa shape index (κ2) is 4.87. The van der Waals surface area contributed by atoms with Gasteiger partial charge in [0.1, 0.15) is 6.04 Å². The number of carbonyl (C=O) groups excluding carboxylic acids is 1. The molecule has 1 amide bonds. The van der Waals surface area contributed by atoms with E-state index in [4.69, 9.17) is 5.73 Å². The highest BCUT2D eigenvalue weighted by Crippen LogP contribution is 2.32. The van der Waals surface area contributed by atoms with Crippen LogP contribution < -0.4 is 11.1 Å². The highest BCUT2D eigenvalue weighted by Gasteiger charge is 2.31. The van der Waals surface area contributed by atoms with Crippen molar-refractivity contribution in [3.63, 3.8) is 0 Å². The Morgan fingerprint density at radius 1 is 1.44 bits per heavy atom. The standard InChI is InChI=1S/C12H15BrN2O/c13-9-6-1-2-7-10(9)15-11(12(14)16)8-4-3-5-8/h1-2,6-8,11,15H,3-5H2,(H2,14,16). The summed E-state index contributed by atoms with van der Waals surface area (Å²) in [6, 6.07) is 7.52. The Labute approximate surface area is 104 Å². The van der Waals surface area contributed by atoms with Gasteiger partial charge in [0.2, 0.25) is 5.91 Å². The number of rotatable bonds is 4. The van der Waals surface area contributed by atoms with Crippen LogP contribution in [0.25, 0.3) is 0 Å². The minimum atomic E-state index is -0.263. The van der Waals surface area contributed by atoms with Crippen LogP contribution in [0.2, 0.25) is 0 Å². The number of halogens is 1. The van der Waals surface area contributed by atoms with E-state index in [1.165, 1.54) is 6.42 Å². The van der Waals surface area contributed by atoms with Gasteiger partial charge in [-0.2, -0.15) is 0 Å². The van der Waals surface area contributed by atoms with Crippen molar-refractivity contribution >= 4 is 27.5 Å². The summed E-state index contributed by atoms with van der Waals surface area (Å²) in [6.45, 7) is 0. The van der Waals surface area contributed by atoms with Gasteiger partial charge < -0.3 is 11.1 Å². The van der Waals surface area contributed by atoms with Crippen LogP contribution in [0.1, 0.15) is 19.3 Å². The van der Waals surface area contributed by atoms with E-state index in [0.717, 1.165) is 23.0 Å². The molecule has 0 radical (unpaired) electrons. The first kappa shape index (κ1) is 11.5. The third-order valence-corrected chi connectivity index (χ3v) is 3.80. The van der Waals surface area contributed by atoms with Crippen molar-refractivity contribution in [1.29, 1.82) is 0 Å². The van der Waals surface area contributed by atoms with Crippen LogP contribution in [0.3, 0.4) is 0 Å². The monoisotopic (exact) mass is 282 g/mol. The number of primary amides is 1. The topological polar surface area (TPSA) is 55.1 Å². The van der Waals surface area contributed by atoms with E-state index in [0.29, 0.717) is 5.92 Å². The van der Waals surface area contributed by atoms with Crippen LogP contribution in [-0.2, 0) is 4.79 Å². The van der Waals surface area contributed by atoms with Crippen molar-refractivity contribution in [2.75, 3.05) is 5.32 Å². The van der Waals surface area contributed by atoms with Gasteiger partial charge in [0.15, 0.2) is 0 Å². The maximum Gasteiger partial charge on any atom is 0.240 e.